The third-order valence-electron chi connectivity index (χ3n) is 4.19. The molecule has 0 aromatic heterocycles. The molecule has 70 valence electrons. The van der Waals surface area contributed by atoms with Gasteiger partial charge in [0.25, 0.3) is 0 Å². The lowest BCUT2D eigenvalue weighted by Gasteiger charge is -2.38. The van der Waals surface area contributed by atoms with Gasteiger partial charge in [-0.15, -0.1) is 0 Å². The Balaban J connectivity index is 1.97. The van der Waals surface area contributed by atoms with Crippen LogP contribution in [0.15, 0.2) is 11.6 Å². The van der Waals surface area contributed by atoms with E-state index >= 15 is 0 Å². The van der Waals surface area contributed by atoms with Crippen LogP contribution in [0, 0.1) is 17.8 Å². The van der Waals surface area contributed by atoms with Gasteiger partial charge >= 0.3 is 0 Å². The number of hydrogen-bond acceptors (Lipinski definition) is 1. The molecule has 1 nitrogen and oxygen atoms in total. The summed E-state index contributed by atoms with van der Waals surface area (Å²) in [6.45, 7) is 0. The van der Waals surface area contributed by atoms with Gasteiger partial charge in [-0.3, -0.25) is 4.79 Å². The van der Waals surface area contributed by atoms with E-state index in [-0.39, 0.29) is 0 Å². The van der Waals surface area contributed by atoms with Crippen LogP contribution in [0.2, 0.25) is 0 Å². The highest BCUT2D eigenvalue weighted by molar-refractivity contribution is 5.95. The number of allylic oxidation sites excluding steroid dienone is 2. The summed E-state index contributed by atoms with van der Waals surface area (Å²) >= 11 is 0. The summed E-state index contributed by atoms with van der Waals surface area (Å²) in [6, 6.07) is 0. The predicted molar refractivity (Wildman–Crippen MR) is 51.3 cm³/mol. The highest BCUT2D eigenvalue weighted by Gasteiger charge is 2.44. The Labute approximate surface area is 79.2 Å². The van der Waals surface area contributed by atoms with Gasteiger partial charge in [-0.05, 0) is 50.0 Å². The van der Waals surface area contributed by atoms with Gasteiger partial charge in [-0.1, -0.05) is 12.0 Å². The first-order valence-electron chi connectivity index (χ1n) is 5.60. The van der Waals surface area contributed by atoms with Gasteiger partial charge in [-0.2, -0.15) is 0 Å². The van der Waals surface area contributed by atoms with Gasteiger partial charge in [0, 0.05) is 5.92 Å². The van der Waals surface area contributed by atoms with Gasteiger partial charge < -0.3 is 0 Å². The fourth-order valence-corrected chi connectivity index (χ4v) is 3.69. The molecular weight excluding hydrogens is 160 g/mol. The third-order valence-corrected chi connectivity index (χ3v) is 4.19. The van der Waals surface area contributed by atoms with Crippen molar-refractivity contribution >= 4 is 5.78 Å². The predicted octanol–water partition coefficient (Wildman–Crippen LogP) is 2.71. The van der Waals surface area contributed by atoms with E-state index < -0.39 is 0 Å². The highest BCUT2D eigenvalue weighted by Crippen LogP contribution is 2.50. The molecule has 3 rings (SSSR count). The summed E-state index contributed by atoms with van der Waals surface area (Å²) in [4.78, 5) is 11.7. The first-order valence-corrected chi connectivity index (χ1v) is 5.60. The zero-order chi connectivity index (χ0) is 8.84. The van der Waals surface area contributed by atoms with Crippen molar-refractivity contribution in [1.29, 1.82) is 0 Å². The molecule has 0 aromatic carbocycles. The number of carbonyl (C=O) groups excluding carboxylic acids is 1. The minimum Gasteiger partial charge on any atom is -0.295 e. The zero-order valence-corrected chi connectivity index (χ0v) is 7.96. The van der Waals surface area contributed by atoms with Crippen LogP contribution in [0.25, 0.3) is 0 Å². The van der Waals surface area contributed by atoms with E-state index in [1.165, 1.54) is 44.1 Å². The van der Waals surface area contributed by atoms with Gasteiger partial charge in [0.15, 0.2) is 5.78 Å². The molecule has 13 heavy (non-hydrogen) atoms. The van der Waals surface area contributed by atoms with Gasteiger partial charge in [0.05, 0.1) is 0 Å². The van der Waals surface area contributed by atoms with Gasteiger partial charge in [-0.25, -0.2) is 0 Å². The normalized spacial score (nSPS) is 42.9. The Bertz CT molecular complexity index is 275. The summed E-state index contributed by atoms with van der Waals surface area (Å²) in [5, 5.41) is 0. The van der Waals surface area contributed by atoms with E-state index in [9.17, 15) is 4.79 Å². The SMILES string of the molecule is O=C1C=C2CCCC3CCCC1C23. The van der Waals surface area contributed by atoms with Crippen molar-refractivity contribution in [3.8, 4) is 0 Å². The van der Waals surface area contributed by atoms with Crippen LogP contribution in [-0.4, -0.2) is 5.78 Å². The molecule has 2 fully saturated rings. The van der Waals surface area contributed by atoms with E-state index in [4.69, 9.17) is 0 Å². The lowest BCUT2D eigenvalue weighted by Crippen LogP contribution is -2.31. The second kappa shape index (κ2) is 2.70. The van der Waals surface area contributed by atoms with Crippen molar-refractivity contribution in [3.63, 3.8) is 0 Å². The van der Waals surface area contributed by atoms with Crippen molar-refractivity contribution < 1.29 is 4.79 Å². The quantitative estimate of drug-likeness (QED) is 0.554. The first-order chi connectivity index (χ1) is 6.36. The van der Waals surface area contributed by atoms with Crippen LogP contribution >= 0.6 is 0 Å². The minimum atomic E-state index is 0.411. The molecule has 3 unspecified atom stereocenters. The maximum absolute atomic E-state index is 11.7. The molecule has 0 radical (unpaired) electrons. The van der Waals surface area contributed by atoms with Crippen LogP contribution in [-0.2, 0) is 4.79 Å². The van der Waals surface area contributed by atoms with Crippen molar-refractivity contribution in [2.75, 3.05) is 0 Å². The maximum Gasteiger partial charge on any atom is 0.159 e. The lowest BCUT2D eigenvalue weighted by molar-refractivity contribution is -0.119. The largest absolute Gasteiger partial charge is 0.295 e. The molecule has 2 saturated carbocycles. The Kier molecular flexibility index (Phi) is 1.61. The fourth-order valence-electron chi connectivity index (χ4n) is 3.69. The Morgan fingerprint density at radius 2 is 2.00 bits per heavy atom. The number of rotatable bonds is 0. The number of carbonyl (C=O) groups is 1. The van der Waals surface area contributed by atoms with Crippen molar-refractivity contribution in [1.82, 2.24) is 0 Å². The van der Waals surface area contributed by atoms with E-state index in [0.29, 0.717) is 17.6 Å². The lowest BCUT2D eigenvalue weighted by atomic mass is 9.66. The molecule has 0 heterocycles. The molecule has 0 aromatic rings. The molecule has 0 bridgehead atoms. The van der Waals surface area contributed by atoms with Gasteiger partial charge in [0.1, 0.15) is 0 Å². The monoisotopic (exact) mass is 176 g/mol. The average Bonchev–Trinajstić information content (AvgIpc) is 2.47. The average molecular weight is 176 g/mol. The molecule has 3 aliphatic carbocycles. The number of ketones is 1. The van der Waals surface area contributed by atoms with Crippen LogP contribution in [0.3, 0.4) is 0 Å². The molecule has 0 N–H and O–H groups in total. The van der Waals surface area contributed by atoms with E-state index in [0.717, 1.165) is 5.92 Å². The second-order valence-corrected chi connectivity index (χ2v) is 4.84. The Hall–Kier alpha value is -0.590. The maximum atomic E-state index is 11.7. The summed E-state index contributed by atoms with van der Waals surface area (Å²) in [5.74, 6) is 2.42. The van der Waals surface area contributed by atoms with Crippen LogP contribution in [0.4, 0.5) is 0 Å². The summed E-state index contributed by atoms with van der Waals surface area (Å²) in [5.41, 5.74) is 1.51. The fraction of sp³-hybridized carbons (Fsp3) is 0.750. The molecule has 1 heteroatoms. The first kappa shape index (κ1) is 7.78. The molecule has 0 amide bonds. The zero-order valence-electron chi connectivity index (χ0n) is 7.96. The van der Waals surface area contributed by atoms with Crippen molar-refractivity contribution in [2.24, 2.45) is 17.8 Å². The van der Waals surface area contributed by atoms with E-state index in [1.807, 2.05) is 6.08 Å². The van der Waals surface area contributed by atoms with Crippen molar-refractivity contribution in [3.05, 3.63) is 11.6 Å². The topological polar surface area (TPSA) is 17.1 Å². The Morgan fingerprint density at radius 3 is 2.92 bits per heavy atom. The van der Waals surface area contributed by atoms with Gasteiger partial charge in [0.2, 0.25) is 0 Å². The summed E-state index contributed by atoms with van der Waals surface area (Å²) < 4.78 is 0. The highest BCUT2D eigenvalue weighted by atomic mass is 16.1. The van der Waals surface area contributed by atoms with Crippen LogP contribution < -0.4 is 0 Å². The minimum absolute atomic E-state index is 0.411. The standard InChI is InChI=1S/C12H16O/c13-11-7-9-5-1-3-8-4-2-6-10(11)12(8)9/h7-8,10,12H,1-6H2. The third kappa shape index (κ3) is 1.02. The smallest absolute Gasteiger partial charge is 0.159 e. The molecule has 0 aliphatic heterocycles. The summed E-state index contributed by atoms with van der Waals surface area (Å²) in [7, 11) is 0. The number of hydrogen-bond donors (Lipinski definition) is 0. The van der Waals surface area contributed by atoms with Crippen LogP contribution in [0.5, 0.6) is 0 Å². The molecule has 3 aliphatic rings. The molecule has 0 spiro atoms. The van der Waals surface area contributed by atoms with E-state index in [1.54, 1.807) is 0 Å². The molecular formula is C12H16O. The second-order valence-electron chi connectivity index (χ2n) is 4.84. The molecule has 3 atom stereocenters. The van der Waals surface area contributed by atoms with Crippen molar-refractivity contribution in [2.45, 2.75) is 38.5 Å². The van der Waals surface area contributed by atoms with E-state index in [2.05, 4.69) is 0 Å². The summed E-state index contributed by atoms with van der Waals surface area (Å²) in [6.07, 6.45) is 9.74. The van der Waals surface area contributed by atoms with Crippen LogP contribution in [0.1, 0.15) is 38.5 Å². The molecule has 0 saturated heterocycles. The Morgan fingerprint density at radius 1 is 1.15 bits per heavy atom.